The second-order valence-corrected chi connectivity index (χ2v) is 4.99. The zero-order chi connectivity index (χ0) is 16.5. The zero-order valence-electron chi connectivity index (χ0n) is 10.1. The molecule has 6 nitrogen and oxygen atoms in total. The molecule has 0 heterocycles. The van der Waals surface area contributed by atoms with Gasteiger partial charge < -0.3 is 55.9 Å². The first kappa shape index (κ1) is 19.6. The van der Waals surface area contributed by atoms with Gasteiger partial charge in [0, 0.05) is 7.05 Å². The first-order valence-electron chi connectivity index (χ1n) is 5.05. The number of aliphatic hydroxyl groups excluding tert-OH is 2. The Bertz CT molecular complexity index is 372. The fraction of sp³-hybridized carbons (Fsp3) is 0.875. The van der Waals surface area contributed by atoms with E-state index in [9.17, 15) is 17.6 Å². The summed E-state index contributed by atoms with van der Waals surface area (Å²) in [4.78, 5) is -0.481. The van der Waals surface area contributed by atoms with Gasteiger partial charge in [0.1, 0.15) is 12.6 Å². The smallest absolute Gasteiger partial charge is 0.388 e. The molecular weight excluding hydrogens is 328 g/mol. The van der Waals surface area contributed by atoms with Gasteiger partial charge in [0.15, 0.2) is 6.10 Å². The number of hydrogen-bond donors (Lipinski definition) is 5. The van der Waals surface area contributed by atoms with E-state index in [2.05, 4.69) is 30.6 Å². The van der Waals surface area contributed by atoms with Crippen molar-refractivity contribution < 1.29 is 43.7 Å². The molecule has 7 N–H and O–H groups in total. The molecule has 0 bridgehead atoms. The molecule has 4 unspecified atom stereocenters. The molecule has 0 aromatic rings. The summed E-state index contributed by atoms with van der Waals surface area (Å²) >= 11 is 8.31. The number of nitrogens with zero attached hydrogens (tertiary/aromatic N) is 1. The molecule has 0 radical (unpaired) electrons. The highest BCUT2D eigenvalue weighted by molar-refractivity contribution is 8.00. The van der Waals surface area contributed by atoms with Gasteiger partial charge in [-0.25, -0.2) is 4.39 Å². The summed E-state index contributed by atoms with van der Waals surface area (Å²) < 4.78 is 53.7. The minimum atomic E-state index is -5.31. The van der Waals surface area contributed by atoms with Gasteiger partial charge in [0.25, 0.3) is 0 Å². The molecule has 120 valence electrons. The van der Waals surface area contributed by atoms with Gasteiger partial charge in [0.05, 0.1) is 0 Å². The van der Waals surface area contributed by atoms with Crippen molar-refractivity contribution in [3.05, 3.63) is 0 Å². The van der Waals surface area contributed by atoms with Crippen LogP contribution in [-0.4, -0.2) is 73.2 Å². The molecule has 0 aliphatic carbocycles. The average Bonchev–Trinajstić information content (AvgIpc) is 2.34. The van der Waals surface area contributed by atoms with E-state index < -0.39 is 45.7 Å². The number of likely N-dealkylation sites (N-methyl/N-ethyl adjacent to an activating group) is 1. The highest BCUT2D eigenvalue weighted by Gasteiger charge is 2.73. The molecule has 0 saturated heterocycles. The normalized spacial score (nSPS) is 21.5. The van der Waals surface area contributed by atoms with Crippen LogP contribution in [0.3, 0.4) is 0 Å². The predicted octanol–water partition coefficient (Wildman–Crippen LogP) is -2.38. The van der Waals surface area contributed by atoms with Crippen molar-refractivity contribution in [3.8, 4) is 0 Å². The maximum atomic E-state index is 13.7. The third-order valence-electron chi connectivity index (χ3n) is 2.61. The van der Waals surface area contributed by atoms with Crippen molar-refractivity contribution in [2.45, 2.75) is 30.0 Å². The van der Waals surface area contributed by atoms with E-state index in [-0.39, 0.29) is 0 Å². The van der Waals surface area contributed by atoms with Gasteiger partial charge in [-0.15, -0.1) is 0 Å². The fourth-order valence-electron chi connectivity index (χ4n) is 1.16. The number of hydrogen-bond acceptors (Lipinski definition) is 6. The number of halogens is 4. The number of quaternary nitrogens is 1. The summed E-state index contributed by atoms with van der Waals surface area (Å²) in [6.07, 6.45) is -5.29. The summed E-state index contributed by atoms with van der Waals surface area (Å²) in [6, 6.07) is -5.11. The summed E-state index contributed by atoms with van der Waals surface area (Å²) in [7, 11) is 0.445. The molecule has 0 spiro atoms. The van der Waals surface area contributed by atoms with E-state index >= 15 is 0 Å². The fourth-order valence-corrected chi connectivity index (χ4v) is 1.39. The van der Waals surface area contributed by atoms with Crippen LogP contribution in [0.15, 0.2) is 0 Å². The second-order valence-electron chi connectivity index (χ2n) is 3.96. The Hall–Kier alpha value is -0.370. The first-order chi connectivity index (χ1) is 8.75. The molecule has 0 rings (SSSR count). The van der Waals surface area contributed by atoms with Gasteiger partial charge in [-0.3, -0.25) is 0 Å². The van der Waals surface area contributed by atoms with Crippen LogP contribution in [0.2, 0.25) is 0 Å². The Morgan fingerprint density at radius 2 is 1.70 bits per heavy atom. The van der Waals surface area contributed by atoms with Gasteiger partial charge >= 0.3 is 17.8 Å². The molecule has 0 aromatic heterocycles. The highest BCUT2D eigenvalue weighted by Crippen LogP contribution is 2.43. The third-order valence-corrected chi connectivity index (χ3v) is 3.16. The minimum Gasteiger partial charge on any atom is -0.411 e. The van der Waals surface area contributed by atoms with Crippen LogP contribution in [0.5, 0.6) is 0 Å². The number of alkyl halides is 4. The highest BCUT2D eigenvalue weighted by atomic mass is 32.1. The first-order valence-corrected chi connectivity index (χ1v) is 5.87. The van der Waals surface area contributed by atoms with Crippen LogP contribution in [0.4, 0.5) is 17.6 Å². The second kappa shape index (κ2) is 6.17. The Morgan fingerprint density at radius 1 is 1.30 bits per heavy atom. The molecule has 0 amide bonds. The standard InChI is InChI=1S/C8H14F4N2O4S2/c1-14(5(19)20)8(11,12)7(10,18)6(9,17)4(16)3(15)2-13/h3-4,15-18H,2,13H2,1H3,(H,19,20). The molecule has 0 aliphatic rings. The number of rotatable bonds is 6. The van der Waals surface area contributed by atoms with Crippen LogP contribution in [0.25, 0.3) is 0 Å². The number of thiocarbonyl (C=S) groups is 1. The molecule has 12 heteroatoms. The Balaban J connectivity index is 5.65. The quantitative estimate of drug-likeness (QED) is 0.159. The molecule has 0 saturated carbocycles. The van der Waals surface area contributed by atoms with E-state index in [0.717, 1.165) is 0 Å². The Kier molecular flexibility index (Phi) is 6.06. The zero-order valence-corrected chi connectivity index (χ0v) is 11.8. The maximum Gasteiger partial charge on any atom is 0.388 e. The Labute approximate surface area is 122 Å². The summed E-state index contributed by atoms with van der Waals surface area (Å²) in [5, 5.41) is 36.3. The van der Waals surface area contributed by atoms with Crippen molar-refractivity contribution in [1.29, 1.82) is 0 Å². The lowest BCUT2D eigenvalue weighted by Crippen LogP contribution is -2.72. The molecular formula is C8H14F4N2O4S2. The Morgan fingerprint density at radius 3 is 2.00 bits per heavy atom. The predicted molar refractivity (Wildman–Crippen MR) is 64.6 cm³/mol. The van der Waals surface area contributed by atoms with Crippen LogP contribution >= 0.6 is 12.2 Å². The van der Waals surface area contributed by atoms with E-state index in [1.807, 2.05) is 0 Å². The number of aliphatic hydroxyl groups is 4. The van der Waals surface area contributed by atoms with Crippen molar-refractivity contribution in [1.82, 2.24) is 4.90 Å². The van der Waals surface area contributed by atoms with Crippen LogP contribution < -0.4 is 5.73 Å². The van der Waals surface area contributed by atoms with Crippen LogP contribution in [0, 0.1) is 0 Å². The van der Waals surface area contributed by atoms with Crippen LogP contribution in [0.1, 0.15) is 0 Å². The lowest BCUT2D eigenvalue weighted by Gasteiger charge is -2.43. The lowest BCUT2D eigenvalue weighted by molar-refractivity contribution is -0.430. The summed E-state index contributed by atoms with van der Waals surface area (Å²) in [6.45, 7) is -0.648. The SMILES string of the molecule is CN(C(=S)[S-])C(F)(F)C(O)(F)C(O)(F)C(O)C(O)C[NH3+]. The van der Waals surface area contributed by atoms with Crippen molar-refractivity contribution >= 4 is 29.2 Å². The van der Waals surface area contributed by atoms with Gasteiger partial charge in [-0.1, -0.05) is 4.32 Å². The summed E-state index contributed by atoms with van der Waals surface area (Å²) in [5.41, 5.74) is 3.00. The largest absolute Gasteiger partial charge is 0.411 e. The average molecular weight is 342 g/mol. The summed E-state index contributed by atoms with van der Waals surface area (Å²) in [5.74, 6) is -10.2. The molecule has 0 aromatic carbocycles. The van der Waals surface area contributed by atoms with Gasteiger partial charge in [-0.2, -0.15) is 13.2 Å². The van der Waals surface area contributed by atoms with Crippen molar-refractivity contribution in [2.75, 3.05) is 13.6 Å². The van der Waals surface area contributed by atoms with E-state index in [0.29, 0.717) is 7.05 Å². The van der Waals surface area contributed by atoms with Gasteiger partial charge in [0.2, 0.25) is 0 Å². The topological polar surface area (TPSA) is 112 Å². The lowest BCUT2D eigenvalue weighted by atomic mass is 9.96. The molecule has 0 fully saturated rings. The van der Waals surface area contributed by atoms with E-state index in [1.165, 1.54) is 0 Å². The van der Waals surface area contributed by atoms with Crippen LogP contribution in [-0.2, 0) is 12.6 Å². The maximum absolute atomic E-state index is 13.7. The monoisotopic (exact) mass is 342 g/mol. The van der Waals surface area contributed by atoms with E-state index in [1.54, 1.807) is 0 Å². The van der Waals surface area contributed by atoms with E-state index in [4.69, 9.17) is 20.4 Å². The minimum absolute atomic E-state index is 0.445. The molecule has 20 heavy (non-hydrogen) atoms. The van der Waals surface area contributed by atoms with Gasteiger partial charge in [-0.05, 0) is 0 Å². The van der Waals surface area contributed by atoms with Crippen molar-refractivity contribution in [2.24, 2.45) is 0 Å². The third kappa shape index (κ3) is 3.10. The molecule has 0 aliphatic heterocycles. The molecule has 4 atom stereocenters. The van der Waals surface area contributed by atoms with Crippen molar-refractivity contribution in [3.63, 3.8) is 0 Å².